The largest absolute Gasteiger partial charge is 0.492 e. The lowest BCUT2D eigenvalue weighted by Crippen LogP contribution is -2.52. The van der Waals surface area contributed by atoms with E-state index >= 15 is 0 Å². The topological polar surface area (TPSA) is 98.8 Å². The Hall–Kier alpha value is -3.80. The number of nitrogens with one attached hydrogen (secondary N) is 1. The maximum absolute atomic E-state index is 12.3. The fourth-order valence-corrected chi connectivity index (χ4v) is 3.92. The third kappa shape index (κ3) is 4.85. The number of carbonyl (C=O) groups excluding carboxylic acids is 1. The molecule has 1 N–H and O–H groups in total. The molecule has 4 heterocycles. The number of urea groups is 1. The first-order valence-corrected chi connectivity index (χ1v) is 11.3. The minimum atomic E-state index is -0.000964. The zero-order valence-corrected chi connectivity index (χ0v) is 19.3. The maximum Gasteiger partial charge on any atom is 0.317 e. The van der Waals surface area contributed by atoms with Crippen molar-refractivity contribution in [3.8, 4) is 22.9 Å². The summed E-state index contributed by atoms with van der Waals surface area (Å²) in [6, 6.07) is 8.12. The van der Waals surface area contributed by atoms with Crippen LogP contribution in [0.1, 0.15) is 26.3 Å². The highest BCUT2D eigenvalue weighted by Crippen LogP contribution is 2.31. The normalized spacial score (nSPS) is 13.9. The summed E-state index contributed by atoms with van der Waals surface area (Å²) in [6.07, 6.45) is 5.16. The Kier molecular flexibility index (Phi) is 6.63. The van der Waals surface area contributed by atoms with Crippen LogP contribution in [0.5, 0.6) is 5.75 Å². The zero-order valence-electron chi connectivity index (χ0n) is 19.3. The van der Waals surface area contributed by atoms with Crippen LogP contribution < -0.4 is 15.0 Å². The Labute approximate surface area is 193 Å². The number of ether oxygens (including phenoxy) is 1. The number of carbonyl (C=O) groups is 1. The lowest BCUT2D eigenvalue weighted by Gasteiger charge is -2.35. The van der Waals surface area contributed by atoms with Crippen LogP contribution in [-0.4, -0.2) is 64.9 Å². The first-order valence-electron chi connectivity index (χ1n) is 11.3. The molecule has 1 aliphatic rings. The molecule has 2 amide bonds. The van der Waals surface area contributed by atoms with E-state index < -0.39 is 0 Å². The second kappa shape index (κ2) is 9.77. The summed E-state index contributed by atoms with van der Waals surface area (Å²) in [5.41, 5.74) is 2.97. The quantitative estimate of drug-likeness (QED) is 0.623. The lowest BCUT2D eigenvalue weighted by atomic mass is 10.1. The number of nitriles is 1. The van der Waals surface area contributed by atoms with Crippen LogP contribution in [-0.2, 0) is 0 Å². The average Bonchev–Trinajstić information content (AvgIpc) is 3.25. The van der Waals surface area contributed by atoms with Crippen molar-refractivity contribution in [2.45, 2.75) is 20.8 Å². The van der Waals surface area contributed by atoms with Crippen LogP contribution in [0.25, 0.3) is 16.6 Å². The minimum absolute atomic E-state index is 0.000964. The third-order valence-electron chi connectivity index (χ3n) is 5.63. The SMILES string of the molecule is CCOc1cc(-c2ccc(N3CCN(C(=O)NCC(C)C)CC3)nc2)c2c(C#N)cnn2c1. The highest BCUT2D eigenvalue weighted by Gasteiger charge is 2.22. The first-order chi connectivity index (χ1) is 16.0. The molecule has 0 bridgehead atoms. The van der Waals surface area contributed by atoms with Crippen molar-refractivity contribution < 1.29 is 9.53 Å². The van der Waals surface area contributed by atoms with Gasteiger partial charge in [-0.2, -0.15) is 10.4 Å². The Morgan fingerprint density at radius 1 is 1.24 bits per heavy atom. The number of rotatable bonds is 6. The van der Waals surface area contributed by atoms with Gasteiger partial charge in [-0.15, -0.1) is 0 Å². The van der Waals surface area contributed by atoms with Gasteiger partial charge in [0.25, 0.3) is 0 Å². The van der Waals surface area contributed by atoms with E-state index in [0.717, 1.165) is 35.6 Å². The van der Waals surface area contributed by atoms with Gasteiger partial charge in [0.05, 0.1) is 30.1 Å². The highest BCUT2D eigenvalue weighted by atomic mass is 16.5. The monoisotopic (exact) mass is 447 g/mol. The number of nitrogens with zero attached hydrogens (tertiary/aromatic N) is 6. The Morgan fingerprint density at radius 2 is 2.03 bits per heavy atom. The van der Waals surface area contributed by atoms with Gasteiger partial charge in [-0.3, -0.25) is 0 Å². The molecular formula is C24H29N7O2. The van der Waals surface area contributed by atoms with Crippen molar-refractivity contribution in [1.82, 2.24) is 24.8 Å². The average molecular weight is 448 g/mol. The molecule has 0 saturated carbocycles. The number of hydrogen-bond donors (Lipinski definition) is 1. The van der Waals surface area contributed by atoms with Gasteiger partial charge < -0.3 is 19.9 Å². The van der Waals surface area contributed by atoms with Crippen molar-refractivity contribution in [2.24, 2.45) is 5.92 Å². The van der Waals surface area contributed by atoms with Crippen LogP contribution in [0.2, 0.25) is 0 Å². The zero-order chi connectivity index (χ0) is 23.4. The van der Waals surface area contributed by atoms with Gasteiger partial charge in [-0.1, -0.05) is 13.8 Å². The van der Waals surface area contributed by atoms with Crippen LogP contribution in [0.3, 0.4) is 0 Å². The van der Waals surface area contributed by atoms with E-state index in [2.05, 4.69) is 40.2 Å². The minimum Gasteiger partial charge on any atom is -0.492 e. The van der Waals surface area contributed by atoms with Crippen LogP contribution in [0.4, 0.5) is 10.6 Å². The van der Waals surface area contributed by atoms with Crippen molar-refractivity contribution in [2.75, 3.05) is 44.2 Å². The predicted molar refractivity (Wildman–Crippen MR) is 126 cm³/mol. The molecule has 1 saturated heterocycles. The van der Waals surface area contributed by atoms with Crippen LogP contribution in [0, 0.1) is 17.2 Å². The predicted octanol–water partition coefficient (Wildman–Crippen LogP) is 3.15. The molecule has 1 aliphatic heterocycles. The molecule has 0 unspecified atom stereocenters. The number of hydrogen-bond acceptors (Lipinski definition) is 6. The fraction of sp³-hybridized carbons (Fsp3) is 0.417. The Morgan fingerprint density at radius 3 is 2.67 bits per heavy atom. The number of piperazine rings is 1. The molecule has 0 aliphatic carbocycles. The van der Waals surface area contributed by atoms with Crippen molar-refractivity contribution >= 4 is 17.4 Å². The summed E-state index contributed by atoms with van der Waals surface area (Å²) >= 11 is 0. The van der Waals surface area contributed by atoms with Gasteiger partial charge in [0.1, 0.15) is 17.6 Å². The van der Waals surface area contributed by atoms with Crippen molar-refractivity contribution in [1.29, 1.82) is 5.26 Å². The summed E-state index contributed by atoms with van der Waals surface area (Å²) < 4.78 is 7.36. The van der Waals surface area contributed by atoms with Crippen molar-refractivity contribution in [3.05, 3.63) is 42.4 Å². The molecular weight excluding hydrogens is 418 g/mol. The molecule has 0 atom stereocenters. The van der Waals surface area contributed by atoms with E-state index in [0.29, 0.717) is 43.5 Å². The number of fused-ring (bicyclic) bond motifs is 1. The summed E-state index contributed by atoms with van der Waals surface area (Å²) in [7, 11) is 0. The highest BCUT2D eigenvalue weighted by molar-refractivity contribution is 5.85. The van der Waals surface area contributed by atoms with E-state index in [1.54, 1.807) is 16.9 Å². The Balaban J connectivity index is 1.51. The number of aromatic nitrogens is 3. The molecule has 0 spiro atoms. The molecule has 0 radical (unpaired) electrons. The fourth-order valence-electron chi connectivity index (χ4n) is 3.92. The van der Waals surface area contributed by atoms with Gasteiger partial charge in [-0.05, 0) is 31.0 Å². The molecule has 1 fully saturated rings. The molecule has 3 aromatic heterocycles. The first kappa shape index (κ1) is 22.4. The summed E-state index contributed by atoms with van der Waals surface area (Å²) in [4.78, 5) is 21.0. The van der Waals surface area contributed by atoms with Gasteiger partial charge in [0.15, 0.2) is 0 Å². The Bertz CT molecular complexity index is 1160. The van der Waals surface area contributed by atoms with E-state index in [9.17, 15) is 10.1 Å². The summed E-state index contributed by atoms with van der Waals surface area (Å²) in [5.74, 6) is 1.98. The second-order valence-corrected chi connectivity index (χ2v) is 8.44. The number of amides is 2. The standard InChI is InChI=1S/C24H29N7O2/c1-4-33-20-11-21(23-19(12-25)15-28-31(23)16-20)18-5-6-22(26-14-18)29-7-9-30(10-8-29)24(32)27-13-17(2)3/h5-6,11,14-17H,4,7-10,13H2,1-3H3,(H,27,32). The molecule has 4 rings (SSSR count). The van der Waals surface area contributed by atoms with Gasteiger partial charge in [0, 0.05) is 50.0 Å². The number of pyridine rings is 2. The maximum atomic E-state index is 12.3. The van der Waals surface area contributed by atoms with Gasteiger partial charge in [0.2, 0.25) is 0 Å². The molecule has 3 aromatic rings. The van der Waals surface area contributed by atoms with E-state index in [1.165, 1.54) is 0 Å². The molecule has 9 heteroatoms. The molecule has 33 heavy (non-hydrogen) atoms. The molecule has 9 nitrogen and oxygen atoms in total. The van der Waals surface area contributed by atoms with E-state index in [4.69, 9.17) is 4.74 Å². The van der Waals surface area contributed by atoms with E-state index in [1.807, 2.05) is 36.2 Å². The molecule has 0 aromatic carbocycles. The van der Waals surface area contributed by atoms with Gasteiger partial charge in [-0.25, -0.2) is 14.3 Å². The summed E-state index contributed by atoms with van der Waals surface area (Å²) in [6.45, 7) is 10.1. The second-order valence-electron chi connectivity index (χ2n) is 8.44. The van der Waals surface area contributed by atoms with E-state index in [-0.39, 0.29) is 6.03 Å². The smallest absolute Gasteiger partial charge is 0.317 e. The number of anilines is 1. The van der Waals surface area contributed by atoms with Crippen LogP contribution in [0.15, 0.2) is 36.8 Å². The van der Waals surface area contributed by atoms with Crippen molar-refractivity contribution in [3.63, 3.8) is 0 Å². The van der Waals surface area contributed by atoms with Gasteiger partial charge >= 0.3 is 6.03 Å². The van der Waals surface area contributed by atoms with Crippen LogP contribution >= 0.6 is 0 Å². The lowest BCUT2D eigenvalue weighted by molar-refractivity contribution is 0.193. The summed E-state index contributed by atoms with van der Waals surface area (Å²) in [5, 5.41) is 16.8. The third-order valence-corrected chi connectivity index (χ3v) is 5.63. The molecule has 172 valence electrons.